The van der Waals surface area contributed by atoms with Gasteiger partial charge in [0.15, 0.2) is 6.61 Å². The minimum Gasteiger partial charge on any atom is -0.468 e. The summed E-state index contributed by atoms with van der Waals surface area (Å²) < 4.78 is 41.6. The summed E-state index contributed by atoms with van der Waals surface area (Å²) in [5.41, 5.74) is 3.38. The predicted molar refractivity (Wildman–Crippen MR) is 125 cm³/mol. The second-order valence-electron chi connectivity index (χ2n) is 8.63. The third-order valence-electron chi connectivity index (χ3n) is 5.83. The van der Waals surface area contributed by atoms with Crippen LogP contribution in [0.15, 0.2) is 55.0 Å². The van der Waals surface area contributed by atoms with Crippen LogP contribution in [-0.4, -0.2) is 65.7 Å². The molecule has 184 valence electrons. The van der Waals surface area contributed by atoms with E-state index in [2.05, 4.69) is 25.8 Å². The van der Waals surface area contributed by atoms with Crippen LogP contribution >= 0.6 is 0 Å². The molecule has 1 atom stereocenters. The summed E-state index contributed by atoms with van der Waals surface area (Å²) in [6, 6.07) is 10.8. The number of carbonyl (C=O) groups is 1. The zero-order chi connectivity index (χ0) is 25.0. The van der Waals surface area contributed by atoms with E-state index in [0.717, 1.165) is 29.5 Å². The third kappa shape index (κ3) is 6.06. The molecule has 1 saturated heterocycles. The van der Waals surface area contributed by atoms with Gasteiger partial charge >= 0.3 is 6.18 Å². The number of hydrogen-bond donors (Lipinski definition) is 0. The molecule has 1 unspecified atom stereocenters. The zero-order valence-corrected chi connectivity index (χ0v) is 19.5. The first-order chi connectivity index (χ1) is 16.7. The molecule has 1 aliphatic heterocycles. The average molecular weight is 486 g/mol. The number of amides is 1. The molecule has 1 aromatic carbocycles. The summed E-state index contributed by atoms with van der Waals surface area (Å²) in [5, 5.41) is 0. The lowest BCUT2D eigenvalue weighted by Crippen LogP contribution is -2.39. The number of alkyl halides is 3. The number of piperidine rings is 1. The number of benzene rings is 1. The summed E-state index contributed by atoms with van der Waals surface area (Å²) in [6.45, 7) is -0.299. The SMILES string of the molecule is CN(C)c1ncc(-c2ccccc2C2CCCN(C(=O)c3ccc(OCC(F)(F)F)nc3)C2)cn1. The van der Waals surface area contributed by atoms with Crippen LogP contribution in [0.5, 0.6) is 5.88 Å². The standard InChI is InChI=1S/C25H26F3N5O2/c1-32(2)24-30-13-19(14-31-24)21-8-4-3-7-20(21)18-6-5-11-33(15-18)23(34)17-9-10-22(29-12-17)35-16-25(26,27)28/h3-4,7-10,12-14,18H,5-6,11,15-16H2,1-2H3. The highest BCUT2D eigenvalue weighted by Gasteiger charge is 2.29. The third-order valence-corrected chi connectivity index (χ3v) is 5.83. The summed E-state index contributed by atoms with van der Waals surface area (Å²) in [7, 11) is 3.77. The summed E-state index contributed by atoms with van der Waals surface area (Å²) in [6.07, 6.45) is 2.19. The lowest BCUT2D eigenvalue weighted by Gasteiger charge is -2.34. The average Bonchev–Trinajstić information content (AvgIpc) is 2.87. The fourth-order valence-corrected chi connectivity index (χ4v) is 4.15. The Hall–Kier alpha value is -3.69. The number of aromatic nitrogens is 3. The van der Waals surface area contributed by atoms with E-state index >= 15 is 0 Å². The van der Waals surface area contributed by atoms with Crippen LogP contribution < -0.4 is 9.64 Å². The van der Waals surface area contributed by atoms with E-state index in [-0.39, 0.29) is 17.7 Å². The molecule has 0 N–H and O–H groups in total. The first-order valence-corrected chi connectivity index (χ1v) is 11.2. The Morgan fingerprint density at radius 3 is 2.49 bits per heavy atom. The second kappa shape index (κ2) is 10.3. The maximum absolute atomic E-state index is 13.1. The smallest absolute Gasteiger partial charge is 0.422 e. The van der Waals surface area contributed by atoms with Gasteiger partial charge in [-0.05, 0) is 30.0 Å². The number of likely N-dealkylation sites (tertiary alicyclic amines) is 1. The number of ether oxygens (including phenoxy) is 1. The van der Waals surface area contributed by atoms with Gasteiger partial charge in [0.1, 0.15) is 0 Å². The minimum atomic E-state index is -4.45. The molecular formula is C25H26F3N5O2. The molecule has 2 aromatic heterocycles. The van der Waals surface area contributed by atoms with Crippen LogP contribution in [0.1, 0.15) is 34.7 Å². The first-order valence-electron chi connectivity index (χ1n) is 11.2. The van der Waals surface area contributed by atoms with Gasteiger partial charge < -0.3 is 14.5 Å². The van der Waals surface area contributed by atoms with Crippen molar-refractivity contribution in [1.29, 1.82) is 0 Å². The molecule has 4 rings (SSSR count). The van der Waals surface area contributed by atoms with E-state index in [1.165, 1.54) is 18.3 Å². The van der Waals surface area contributed by atoms with Crippen LogP contribution in [0, 0.1) is 0 Å². The molecule has 35 heavy (non-hydrogen) atoms. The van der Waals surface area contributed by atoms with Gasteiger partial charge in [0.05, 0.1) is 5.56 Å². The van der Waals surface area contributed by atoms with Crippen molar-refractivity contribution in [2.45, 2.75) is 24.9 Å². The number of hydrogen-bond acceptors (Lipinski definition) is 6. The highest BCUT2D eigenvalue weighted by molar-refractivity contribution is 5.94. The Balaban J connectivity index is 1.48. The van der Waals surface area contributed by atoms with Gasteiger partial charge in [-0.1, -0.05) is 24.3 Å². The Bertz CT molecular complexity index is 1150. The van der Waals surface area contributed by atoms with E-state index in [1.807, 2.05) is 37.2 Å². The van der Waals surface area contributed by atoms with Crippen LogP contribution in [0.25, 0.3) is 11.1 Å². The van der Waals surface area contributed by atoms with E-state index in [0.29, 0.717) is 24.6 Å². The lowest BCUT2D eigenvalue weighted by molar-refractivity contribution is -0.154. The van der Waals surface area contributed by atoms with Gasteiger partial charge in [-0.15, -0.1) is 0 Å². The molecule has 10 heteroatoms. The summed E-state index contributed by atoms with van der Waals surface area (Å²) >= 11 is 0. The quantitative estimate of drug-likeness (QED) is 0.510. The summed E-state index contributed by atoms with van der Waals surface area (Å²) in [4.78, 5) is 29.4. The Labute approximate surface area is 201 Å². The molecule has 1 aliphatic rings. The van der Waals surface area contributed by atoms with Gasteiger partial charge in [-0.25, -0.2) is 15.0 Å². The van der Waals surface area contributed by atoms with Gasteiger partial charge in [0, 0.05) is 63.3 Å². The van der Waals surface area contributed by atoms with Gasteiger partial charge in [0.2, 0.25) is 11.8 Å². The minimum absolute atomic E-state index is 0.125. The van der Waals surface area contributed by atoms with Crippen molar-refractivity contribution in [3.8, 4) is 17.0 Å². The van der Waals surface area contributed by atoms with Crippen molar-refractivity contribution in [3.05, 3.63) is 66.1 Å². The molecule has 1 amide bonds. The molecule has 3 aromatic rings. The van der Waals surface area contributed by atoms with Crippen molar-refractivity contribution in [3.63, 3.8) is 0 Å². The van der Waals surface area contributed by atoms with Crippen molar-refractivity contribution < 1.29 is 22.7 Å². The topological polar surface area (TPSA) is 71.5 Å². The van der Waals surface area contributed by atoms with E-state index in [9.17, 15) is 18.0 Å². The number of rotatable bonds is 6. The molecular weight excluding hydrogens is 459 g/mol. The monoisotopic (exact) mass is 485 g/mol. The van der Waals surface area contributed by atoms with E-state index in [1.54, 1.807) is 17.3 Å². The van der Waals surface area contributed by atoms with Crippen LogP contribution in [0.4, 0.5) is 19.1 Å². The highest BCUT2D eigenvalue weighted by atomic mass is 19.4. The number of pyridine rings is 1. The van der Waals surface area contributed by atoms with Crippen LogP contribution in [0.2, 0.25) is 0 Å². The van der Waals surface area contributed by atoms with Crippen molar-refractivity contribution in [2.75, 3.05) is 38.7 Å². The van der Waals surface area contributed by atoms with Crippen molar-refractivity contribution >= 4 is 11.9 Å². The molecule has 0 spiro atoms. The predicted octanol–water partition coefficient (Wildman–Crippen LogP) is 4.57. The molecule has 0 saturated carbocycles. The molecule has 1 fully saturated rings. The Kier molecular flexibility index (Phi) is 7.18. The normalized spacial score (nSPS) is 16.1. The van der Waals surface area contributed by atoms with Gasteiger partial charge in [-0.3, -0.25) is 4.79 Å². The first kappa shape index (κ1) is 24.4. The largest absolute Gasteiger partial charge is 0.468 e. The van der Waals surface area contributed by atoms with Crippen molar-refractivity contribution in [1.82, 2.24) is 19.9 Å². The number of anilines is 1. The number of carbonyl (C=O) groups excluding carboxylic acids is 1. The highest BCUT2D eigenvalue weighted by Crippen LogP contribution is 2.34. The van der Waals surface area contributed by atoms with Gasteiger partial charge in [0.25, 0.3) is 5.91 Å². The second-order valence-corrected chi connectivity index (χ2v) is 8.63. The van der Waals surface area contributed by atoms with Crippen molar-refractivity contribution in [2.24, 2.45) is 0 Å². The fourth-order valence-electron chi connectivity index (χ4n) is 4.15. The summed E-state index contributed by atoms with van der Waals surface area (Å²) in [5.74, 6) is 0.372. The maximum atomic E-state index is 13.1. The van der Waals surface area contributed by atoms with E-state index in [4.69, 9.17) is 0 Å². The van der Waals surface area contributed by atoms with Gasteiger partial charge in [-0.2, -0.15) is 13.2 Å². The van der Waals surface area contributed by atoms with E-state index < -0.39 is 12.8 Å². The molecule has 7 nitrogen and oxygen atoms in total. The Morgan fingerprint density at radius 1 is 1.09 bits per heavy atom. The molecule has 0 radical (unpaired) electrons. The zero-order valence-electron chi connectivity index (χ0n) is 19.5. The molecule has 0 bridgehead atoms. The van der Waals surface area contributed by atoms with Crippen LogP contribution in [-0.2, 0) is 0 Å². The number of nitrogens with zero attached hydrogens (tertiary/aromatic N) is 5. The maximum Gasteiger partial charge on any atom is 0.422 e. The molecule has 3 heterocycles. The lowest BCUT2D eigenvalue weighted by atomic mass is 9.86. The fraction of sp³-hybridized carbons (Fsp3) is 0.360. The van der Waals surface area contributed by atoms with Crippen LogP contribution in [0.3, 0.4) is 0 Å². The molecule has 0 aliphatic carbocycles. The Morgan fingerprint density at radius 2 is 1.83 bits per heavy atom. The number of halogens is 3.